The minimum Gasteiger partial charge on any atom is -0.454 e. The molecule has 0 aliphatic carbocycles. The van der Waals surface area contributed by atoms with Crippen LogP contribution in [0.25, 0.3) is 127 Å². The second kappa shape index (κ2) is 14.5. The molecule has 0 aliphatic heterocycles. The predicted molar refractivity (Wildman–Crippen MR) is 264 cm³/mol. The van der Waals surface area contributed by atoms with Gasteiger partial charge < -0.3 is 8.98 Å². The second-order valence-electron chi connectivity index (χ2n) is 16.3. The molecule has 5 nitrogen and oxygen atoms in total. The van der Waals surface area contributed by atoms with Crippen LogP contribution in [-0.4, -0.2) is 19.5 Å². The van der Waals surface area contributed by atoms with Gasteiger partial charge in [0.2, 0.25) is 0 Å². The van der Waals surface area contributed by atoms with Gasteiger partial charge in [-0.3, -0.25) is 0 Å². The van der Waals surface area contributed by atoms with Crippen molar-refractivity contribution < 1.29 is 4.42 Å². The molecule has 298 valence electrons. The number of para-hydroxylation sites is 1. The molecule has 0 spiro atoms. The molecule has 0 atom stereocenters. The topological polar surface area (TPSA) is 56.7 Å². The first kappa shape index (κ1) is 36.0. The van der Waals surface area contributed by atoms with Crippen LogP contribution in [0.3, 0.4) is 0 Å². The van der Waals surface area contributed by atoms with Gasteiger partial charge >= 0.3 is 0 Å². The largest absolute Gasteiger partial charge is 0.454 e. The molecule has 64 heavy (non-hydrogen) atoms. The minimum absolute atomic E-state index is 0.581. The SMILES string of the molecule is c1ccc(-c2ccc(-c3nc(-c4ccccc4)nc(-c4cccc5oc6c(-n7c8ccc9ccccc9c8c8c9ccccc9c(-c9ccccc9)cc87)cccc6c45)n3)cc2)cc1. The first-order chi connectivity index (χ1) is 31.7. The van der Waals surface area contributed by atoms with Gasteiger partial charge in [0.1, 0.15) is 5.58 Å². The van der Waals surface area contributed by atoms with Gasteiger partial charge in [0.15, 0.2) is 23.1 Å². The fourth-order valence-corrected chi connectivity index (χ4v) is 9.73. The zero-order valence-electron chi connectivity index (χ0n) is 34.5. The van der Waals surface area contributed by atoms with Crippen molar-refractivity contribution in [3.8, 4) is 62.1 Å². The van der Waals surface area contributed by atoms with Crippen LogP contribution in [0.4, 0.5) is 0 Å². The molecule has 13 rings (SSSR count). The summed E-state index contributed by atoms with van der Waals surface area (Å²) in [6, 6.07) is 76.8. The number of rotatable bonds is 6. The third-order valence-electron chi connectivity index (χ3n) is 12.6. The van der Waals surface area contributed by atoms with E-state index in [1.54, 1.807) is 0 Å². The van der Waals surface area contributed by atoms with Crippen molar-refractivity contribution in [2.75, 3.05) is 0 Å². The molecule has 0 radical (unpaired) electrons. The van der Waals surface area contributed by atoms with Crippen LogP contribution in [0, 0.1) is 0 Å². The quantitative estimate of drug-likeness (QED) is 0.168. The Morgan fingerprint density at radius 2 is 0.875 bits per heavy atom. The maximum absolute atomic E-state index is 7.05. The molecule has 3 heterocycles. The Hall–Kier alpha value is -8.67. The van der Waals surface area contributed by atoms with E-state index in [2.05, 4.69) is 174 Å². The molecule has 0 saturated carbocycles. The van der Waals surface area contributed by atoms with Crippen LogP contribution in [0.15, 0.2) is 223 Å². The Kier molecular flexibility index (Phi) is 8.15. The van der Waals surface area contributed by atoms with Crippen molar-refractivity contribution in [3.63, 3.8) is 0 Å². The van der Waals surface area contributed by atoms with E-state index < -0.39 is 0 Å². The molecule has 0 aliphatic rings. The van der Waals surface area contributed by atoms with Crippen LogP contribution in [0.5, 0.6) is 0 Å². The van der Waals surface area contributed by atoms with Crippen molar-refractivity contribution in [3.05, 3.63) is 218 Å². The number of nitrogens with zero attached hydrogens (tertiary/aromatic N) is 4. The minimum atomic E-state index is 0.581. The highest BCUT2D eigenvalue weighted by molar-refractivity contribution is 6.30. The van der Waals surface area contributed by atoms with Crippen molar-refractivity contribution in [1.29, 1.82) is 0 Å². The standard InChI is InChI=1S/C59H36N4O/c1-4-16-37(17-5-1)38-30-32-42(33-31-38)58-60-57(41-21-8-3-9-22-41)61-59(62-58)47-27-15-29-52-53(47)46-26-14-28-50(56(46)64-52)63-49-35-34-40-20-10-11-23-43(40)54(49)55-45-25-13-12-24-44(45)48(36-51(55)63)39-18-6-2-7-19-39/h1-36H. The summed E-state index contributed by atoms with van der Waals surface area (Å²) in [5.41, 5.74) is 12.1. The maximum Gasteiger partial charge on any atom is 0.164 e. The van der Waals surface area contributed by atoms with Crippen LogP contribution in [0.1, 0.15) is 0 Å². The molecule has 0 amide bonds. The number of benzene rings is 10. The predicted octanol–water partition coefficient (Wildman–Crippen LogP) is 15.5. The van der Waals surface area contributed by atoms with E-state index in [1.165, 1.54) is 43.4 Å². The van der Waals surface area contributed by atoms with E-state index in [0.717, 1.165) is 66.5 Å². The molecular weight excluding hydrogens is 781 g/mol. The molecule has 0 N–H and O–H groups in total. The van der Waals surface area contributed by atoms with Crippen molar-refractivity contribution in [2.45, 2.75) is 0 Å². The lowest BCUT2D eigenvalue weighted by atomic mass is 9.94. The summed E-state index contributed by atoms with van der Waals surface area (Å²) in [5.74, 6) is 1.79. The fourth-order valence-electron chi connectivity index (χ4n) is 9.73. The molecular formula is C59H36N4O. The lowest BCUT2D eigenvalue weighted by Gasteiger charge is -2.12. The summed E-state index contributed by atoms with van der Waals surface area (Å²) in [4.78, 5) is 15.5. The first-order valence-electron chi connectivity index (χ1n) is 21.6. The van der Waals surface area contributed by atoms with E-state index in [-0.39, 0.29) is 0 Å². The lowest BCUT2D eigenvalue weighted by molar-refractivity contribution is 0.666. The number of aromatic nitrogens is 4. The maximum atomic E-state index is 7.05. The van der Waals surface area contributed by atoms with Gasteiger partial charge in [0, 0.05) is 38.2 Å². The Morgan fingerprint density at radius 3 is 1.62 bits per heavy atom. The summed E-state index contributed by atoms with van der Waals surface area (Å²) in [5, 5.41) is 9.24. The number of hydrogen-bond acceptors (Lipinski definition) is 4. The van der Waals surface area contributed by atoms with Gasteiger partial charge in [0.05, 0.1) is 16.7 Å². The van der Waals surface area contributed by atoms with E-state index in [9.17, 15) is 0 Å². The highest BCUT2D eigenvalue weighted by atomic mass is 16.3. The third-order valence-corrected chi connectivity index (χ3v) is 12.6. The van der Waals surface area contributed by atoms with Gasteiger partial charge in [-0.05, 0) is 68.1 Å². The van der Waals surface area contributed by atoms with Gasteiger partial charge in [0.25, 0.3) is 0 Å². The zero-order valence-corrected chi connectivity index (χ0v) is 34.5. The smallest absolute Gasteiger partial charge is 0.164 e. The average molecular weight is 817 g/mol. The zero-order chi connectivity index (χ0) is 42.1. The van der Waals surface area contributed by atoms with E-state index in [0.29, 0.717) is 17.5 Å². The van der Waals surface area contributed by atoms with Crippen LogP contribution in [0.2, 0.25) is 0 Å². The van der Waals surface area contributed by atoms with Crippen molar-refractivity contribution in [1.82, 2.24) is 19.5 Å². The molecule has 5 heteroatoms. The molecule has 0 saturated heterocycles. The fraction of sp³-hybridized carbons (Fsp3) is 0. The summed E-state index contributed by atoms with van der Waals surface area (Å²) < 4.78 is 9.46. The second-order valence-corrected chi connectivity index (χ2v) is 16.3. The van der Waals surface area contributed by atoms with Crippen molar-refractivity contribution >= 4 is 65.3 Å². The molecule has 13 aromatic rings. The monoisotopic (exact) mass is 816 g/mol. The van der Waals surface area contributed by atoms with E-state index in [1.807, 2.05) is 48.5 Å². The van der Waals surface area contributed by atoms with Gasteiger partial charge in [-0.1, -0.05) is 194 Å². The van der Waals surface area contributed by atoms with Crippen LogP contribution >= 0.6 is 0 Å². The Balaban J connectivity index is 1.06. The van der Waals surface area contributed by atoms with Gasteiger partial charge in [-0.2, -0.15) is 0 Å². The van der Waals surface area contributed by atoms with E-state index in [4.69, 9.17) is 19.4 Å². The summed E-state index contributed by atoms with van der Waals surface area (Å²) >= 11 is 0. The highest BCUT2D eigenvalue weighted by Crippen LogP contribution is 2.46. The summed E-state index contributed by atoms with van der Waals surface area (Å²) in [6.45, 7) is 0. The summed E-state index contributed by atoms with van der Waals surface area (Å²) in [6.07, 6.45) is 0. The van der Waals surface area contributed by atoms with Crippen LogP contribution in [-0.2, 0) is 0 Å². The van der Waals surface area contributed by atoms with Crippen LogP contribution < -0.4 is 0 Å². The normalized spacial score (nSPS) is 11.8. The molecule has 3 aromatic heterocycles. The van der Waals surface area contributed by atoms with Gasteiger partial charge in [-0.25, -0.2) is 15.0 Å². The molecule has 10 aromatic carbocycles. The first-order valence-corrected chi connectivity index (χ1v) is 21.6. The number of hydrogen-bond donors (Lipinski definition) is 0. The van der Waals surface area contributed by atoms with E-state index >= 15 is 0 Å². The number of fused-ring (bicyclic) bond motifs is 10. The lowest BCUT2D eigenvalue weighted by Crippen LogP contribution is -2.00. The average Bonchev–Trinajstić information content (AvgIpc) is 3.93. The Labute approximate surface area is 368 Å². The number of furan rings is 1. The van der Waals surface area contributed by atoms with Gasteiger partial charge in [-0.15, -0.1) is 0 Å². The Morgan fingerprint density at radius 1 is 0.328 bits per heavy atom. The Bertz CT molecular complexity index is 3930. The highest BCUT2D eigenvalue weighted by Gasteiger charge is 2.24. The molecule has 0 fully saturated rings. The van der Waals surface area contributed by atoms with Crippen molar-refractivity contribution in [2.24, 2.45) is 0 Å². The third kappa shape index (κ3) is 5.68. The molecule has 0 unspecified atom stereocenters. The summed E-state index contributed by atoms with van der Waals surface area (Å²) in [7, 11) is 0. The molecule has 0 bridgehead atoms.